The number of pyridine rings is 1. The molecule has 288 valence electrons. The van der Waals surface area contributed by atoms with E-state index in [4.69, 9.17) is 4.74 Å². The molecule has 7 amide bonds. The average molecular weight is 745 g/mol. The highest BCUT2D eigenvalue weighted by Gasteiger charge is 2.46. The number of cyclic esters (lactones) is 1. The van der Waals surface area contributed by atoms with Crippen molar-refractivity contribution in [1.29, 1.82) is 0 Å². The number of benzene rings is 1. The molecule has 1 aromatic heterocycles. The maximum atomic E-state index is 14.5. The fourth-order valence-electron chi connectivity index (χ4n) is 7.81. The molecule has 4 saturated heterocycles. The molecule has 4 aliphatic rings. The Kier molecular flexibility index (Phi) is 12.1. The predicted octanol–water partition coefficient (Wildman–Crippen LogP) is 0.970. The van der Waals surface area contributed by atoms with Crippen LogP contribution in [0.2, 0.25) is 0 Å². The normalized spacial score (nSPS) is 27.2. The molecular formula is C38H48N8O8. The number of anilines is 1. The van der Waals surface area contributed by atoms with E-state index in [1.54, 1.807) is 43.3 Å². The van der Waals surface area contributed by atoms with Crippen molar-refractivity contribution in [2.24, 2.45) is 5.92 Å². The first-order chi connectivity index (χ1) is 26.0. The Labute approximate surface area is 313 Å². The fraction of sp³-hybridized carbons (Fsp3) is 0.526. The molecule has 16 nitrogen and oxygen atoms in total. The Hall–Kier alpha value is -5.54. The van der Waals surface area contributed by atoms with Gasteiger partial charge >= 0.3 is 12.0 Å². The molecule has 4 N–H and O–H groups in total. The van der Waals surface area contributed by atoms with Gasteiger partial charge in [-0.25, -0.2) is 9.59 Å². The van der Waals surface area contributed by atoms with Crippen LogP contribution in [-0.2, 0) is 39.9 Å². The minimum atomic E-state index is -1.44. The Bertz CT molecular complexity index is 1730. The lowest BCUT2D eigenvalue weighted by Crippen LogP contribution is -2.62. The van der Waals surface area contributed by atoms with Crippen molar-refractivity contribution in [2.45, 2.75) is 95.0 Å². The zero-order valence-corrected chi connectivity index (χ0v) is 30.6. The summed E-state index contributed by atoms with van der Waals surface area (Å²) in [6, 6.07) is 5.22. The minimum Gasteiger partial charge on any atom is -0.461 e. The second-order valence-corrected chi connectivity index (χ2v) is 14.6. The van der Waals surface area contributed by atoms with Gasteiger partial charge < -0.3 is 40.7 Å². The SMILES string of the molecule is C[C@H]1C[C@H]2C(=O)OC[C@H](NC(=O)[C@H](Cc3ccccc3)NC(=O)Nc3ccncc3)C(=O)N3CCC[C@H]3C(=O)N3CCCC[C@H]3C(=O)N[C@@H](C)C(=O)N2C1. The number of esters is 1. The predicted molar refractivity (Wildman–Crippen MR) is 194 cm³/mol. The zero-order chi connectivity index (χ0) is 38.4. The summed E-state index contributed by atoms with van der Waals surface area (Å²) in [6.07, 6.45) is 6.02. The third kappa shape index (κ3) is 8.80. The summed E-state index contributed by atoms with van der Waals surface area (Å²) in [4.78, 5) is 105. The first-order valence-corrected chi connectivity index (χ1v) is 18.7. The van der Waals surface area contributed by atoms with Gasteiger partial charge in [0.15, 0.2) is 0 Å². The molecule has 54 heavy (non-hydrogen) atoms. The van der Waals surface area contributed by atoms with Crippen LogP contribution in [0.3, 0.4) is 0 Å². The Morgan fingerprint density at radius 3 is 2.31 bits per heavy atom. The number of urea groups is 1. The van der Waals surface area contributed by atoms with Gasteiger partial charge in [0.05, 0.1) is 0 Å². The largest absolute Gasteiger partial charge is 0.461 e. The van der Waals surface area contributed by atoms with Crippen molar-refractivity contribution in [3.8, 4) is 0 Å². The Morgan fingerprint density at radius 1 is 0.852 bits per heavy atom. The molecule has 7 atom stereocenters. The number of aromatic nitrogens is 1. The van der Waals surface area contributed by atoms with Crippen molar-refractivity contribution in [3.05, 3.63) is 60.4 Å². The van der Waals surface area contributed by atoms with Crippen molar-refractivity contribution in [2.75, 3.05) is 31.6 Å². The summed E-state index contributed by atoms with van der Waals surface area (Å²) < 4.78 is 5.73. The highest BCUT2D eigenvalue weighted by molar-refractivity contribution is 5.98. The highest BCUT2D eigenvalue weighted by atomic mass is 16.5. The van der Waals surface area contributed by atoms with Gasteiger partial charge in [0.2, 0.25) is 29.5 Å². The van der Waals surface area contributed by atoms with Crippen molar-refractivity contribution < 1.29 is 38.3 Å². The third-order valence-electron chi connectivity index (χ3n) is 10.6. The number of hydrogen-bond donors (Lipinski definition) is 4. The van der Waals surface area contributed by atoms with Crippen molar-refractivity contribution in [3.63, 3.8) is 0 Å². The number of nitrogens with zero attached hydrogens (tertiary/aromatic N) is 4. The van der Waals surface area contributed by atoms with Crippen LogP contribution in [0.1, 0.15) is 57.9 Å². The number of rotatable bonds is 6. The molecule has 1 aromatic carbocycles. The van der Waals surface area contributed by atoms with E-state index in [9.17, 15) is 33.6 Å². The van der Waals surface area contributed by atoms with Crippen LogP contribution in [0.4, 0.5) is 10.5 Å². The molecule has 0 saturated carbocycles. The van der Waals surface area contributed by atoms with Gasteiger partial charge in [-0.3, -0.25) is 29.0 Å². The van der Waals surface area contributed by atoms with Crippen LogP contribution < -0.4 is 21.3 Å². The summed E-state index contributed by atoms with van der Waals surface area (Å²) in [7, 11) is 0. The van der Waals surface area contributed by atoms with Gasteiger partial charge in [-0.05, 0) is 69.1 Å². The molecule has 2 aromatic rings. The van der Waals surface area contributed by atoms with E-state index in [2.05, 4.69) is 26.3 Å². The molecule has 4 aliphatic heterocycles. The molecule has 5 heterocycles. The third-order valence-corrected chi connectivity index (χ3v) is 10.6. The van der Waals surface area contributed by atoms with E-state index >= 15 is 0 Å². The lowest BCUT2D eigenvalue weighted by atomic mass is 9.99. The maximum Gasteiger partial charge on any atom is 0.328 e. The standard InChI is InChI=1S/C38H48N8O8/c1-23-19-31-37(52)54-22-28(42-32(47)27(20-25-9-4-3-5-10-25)43-38(53)41-26-13-15-39-16-14-26)35(50)45-18-8-12-30(45)36(51)44-17-7-6-11-29(44)33(48)40-24(2)34(49)46(31)21-23/h3-5,9-10,13-16,23-24,27-31H,6-8,11-12,17-22H2,1-2H3,(H,40,48)(H,42,47)(H2,39,41,43,53)/t23-,24-,27-,28-,29-,30-,31-/m0/s1. The second-order valence-electron chi connectivity index (χ2n) is 14.6. The molecule has 0 spiro atoms. The van der Waals surface area contributed by atoms with Crippen LogP contribution in [-0.4, -0.2) is 124 Å². The lowest BCUT2D eigenvalue weighted by Gasteiger charge is -2.39. The Morgan fingerprint density at radius 2 is 1.56 bits per heavy atom. The fourth-order valence-corrected chi connectivity index (χ4v) is 7.81. The van der Waals surface area contributed by atoms with Gasteiger partial charge in [-0.2, -0.15) is 0 Å². The second kappa shape index (κ2) is 17.1. The van der Waals surface area contributed by atoms with E-state index in [0.29, 0.717) is 50.8 Å². The number of fused-ring (bicyclic) bond motifs is 3. The van der Waals surface area contributed by atoms with Gasteiger partial charge in [-0.1, -0.05) is 37.3 Å². The number of ether oxygens (including phenoxy) is 1. The van der Waals surface area contributed by atoms with Gasteiger partial charge in [0, 0.05) is 44.1 Å². The summed E-state index contributed by atoms with van der Waals surface area (Å²) in [5.74, 6) is -3.48. The molecule has 4 fully saturated rings. The van der Waals surface area contributed by atoms with E-state index in [-0.39, 0.29) is 25.4 Å². The number of carbonyl (C=O) groups is 7. The first-order valence-electron chi connectivity index (χ1n) is 18.7. The van der Waals surface area contributed by atoms with Crippen LogP contribution in [0.15, 0.2) is 54.9 Å². The molecule has 16 heteroatoms. The van der Waals surface area contributed by atoms with Crippen molar-refractivity contribution >= 4 is 47.2 Å². The number of hydrogen-bond acceptors (Lipinski definition) is 9. The van der Waals surface area contributed by atoms with Gasteiger partial charge in [0.1, 0.15) is 42.9 Å². The molecule has 0 aliphatic carbocycles. The molecule has 6 rings (SSSR count). The molecular weight excluding hydrogens is 696 g/mol. The zero-order valence-electron chi connectivity index (χ0n) is 30.6. The summed E-state index contributed by atoms with van der Waals surface area (Å²) in [5.41, 5.74) is 1.18. The quantitative estimate of drug-likeness (QED) is 0.312. The van der Waals surface area contributed by atoms with E-state index in [1.165, 1.54) is 27.1 Å². The maximum absolute atomic E-state index is 14.5. The smallest absolute Gasteiger partial charge is 0.328 e. The minimum absolute atomic E-state index is 0.0476. The lowest BCUT2D eigenvalue weighted by molar-refractivity contribution is -0.158. The average Bonchev–Trinajstić information content (AvgIpc) is 3.83. The summed E-state index contributed by atoms with van der Waals surface area (Å²) >= 11 is 0. The van der Waals surface area contributed by atoms with Crippen LogP contribution >= 0.6 is 0 Å². The van der Waals surface area contributed by atoms with E-state index in [0.717, 1.165) is 5.56 Å². The van der Waals surface area contributed by atoms with Gasteiger partial charge in [-0.15, -0.1) is 0 Å². The molecule has 0 bridgehead atoms. The monoisotopic (exact) mass is 744 g/mol. The number of carbonyl (C=O) groups excluding carboxylic acids is 7. The van der Waals surface area contributed by atoms with E-state index in [1.807, 2.05) is 13.0 Å². The van der Waals surface area contributed by atoms with Gasteiger partial charge in [0.25, 0.3) is 0 Å². The van der Waals surface area contributed by atoms with E-state index < -0.39 is 84.4 Å². The highest BCUT2D eigenvalue weighted by Crippen LogP contribution is 2.28. The summed E-state index contributed by atoms with van der Waals surface area (Å²) in [5, 5.41) is 10.9. The molecule has 0 radical (unpaired) electrons. The first kappa shape index (κ1) is 38.2. The summed E-state index contributed by atoms with van der Waals surface area (Å²) in [6.45, 7) is 3.66. The van der Waals surface area contributed by atoms with Crippen LogP contribution in [0, 0.1) is 5.92 Å². The number of piperidine rings is 1. The number of nitrogens with one attached hydrogen (secondary N) is 4. The van der Waals surface area contributed by atoms with Crippen LogP contribution in [0.5, 0.6) is 0 Å². The topological polar surface area (TPSA) is 199 Å². The van der Waals surface area contributed by atoms with Crippen molar-refractivity contribution in [1.82, 2.24) is 35.6 Å². The number of amides is 7. The van der Waals surface area contributed by atoms with Crippen LogP contribution in [0.25, 0.3) is 0 Å². The molecule has 0 unspecified atom stereocenters. The Balaban J connectivity index is 1.30.